The summed E-state index contributed by atoms with van der Waals surface area (Å²) in [4.78, 5) is 28.4. The summed E-state index contributed by atoms with van der Waals surface area (Å²) in [5.74, 6) is -1.70. The second kappa shape index (κ2) is 8.32. The third kappa shape index (κ3) is 4.05. The average Bonchev–Trinajstić information content (AvgIpc) is 3.42. The van der Waals surface area contributed by atoms with Gasteiger partial charge in [0.25, 0.3) is 11.8 Å². The van der Waals surface area contributed by atoms with Crippen molar-refractivity contribution in [3.05, 3.63) is 76.9 Å². The lowest BCUT2D eigenvalue weighted by Gasteiger charge is -2.17. The molecule has 1 aliphatic heterocycles. The van der Waals surface area contributed by atoms with Gasteiger partial charge in [-0.2, -0.15) is 31.4 Å². The van der Waals surface area contributed by atoms with Gasteiger partial charge in [0.05, 0.1) is 23.1 Å². The van der Waals surface area contributed by atoms with E-state index in [1.54, 1.807) is 13.0 Å². The molecule has 37 heavy (non-hydrogen) atoms. The molecule has 13 heteroatoms. The predicted octanol–water partition coefficient (Wildman–Crippen LogP) is 5.84. The highest BCUT2D eigenvalue weighted by atomic mass is 19.4. The number of carbonyl (C=O) groups excluding carboxylic acids is 2. The molecule has 0 fully saturated rings. The van der Waals surface area contributed by atoms with Crippen LogP contribution in [-0.2, 0) is 18.8 Å². The summed E-state index contributed by atoms with van der Waals surface area (Å²) in [6, 6.07) is 7.59. The number of nitrogens with zero attached hydrogens (tertiary/aromatic N) is 3. The van der Waals surface area contributed by atoms with Crippen LogP contribution >= 0.6 is 0 Å². The number of pyridine rings is 1. The Morgan fingerprint density at radius 2 is 1.84 bits per heavy atom. The molecule has 190 valence electrons. The molecule has 0 radical (unpaired) electrons. The Hall–Kier alpha value is -4.42. The Morgan fingerprint density at radius 3 is 2.51 bits per heavy atom. The van der Waals surface area contributed by atoms with Crippen molar-refractivity contribution >= 4 is 34.0 Å². The van der Waals surface area contributed by atoms with E-state index in [-0.39, 0.29) is 11.6 Å². The molecule has 2 N–H and O–H groups in total. The summed E-state index contributed by atoms with van der Waals surface area (Å²) in [6.07, 6.45) is -8.02. The number of hydrogen-bond donors (Lipinski definition) is 2. The number of aryl methyl sites for hydroxylation is 1. The number of rotatable bonds is 4. The molecule has 0 saturated carbocycles. The van der Waals surface area contributed by atoms with Gasteiger partial charge in [0, 0.05) is 28.2 Å². The van der Waals surface area contributed by atoms with Crippen molar-refractivity contribution in [3.8, 4) is 5.69 Å². The maximum Gasteiger partial charge on any atom is 0.434 e. The topological polar surface area (TPSA) is 88.9 Å². The molecule has 0 unspecified atom stereocenters. The van der Waals surface area contributed by atoms with Gasteiger partial charge >= 0.3 is 12.4 Å². The summed E-state index contributed by atoms with van der Waals surface area (Å²) in [7, 11) is 0. The number of anilines is 2. The van der Waals surface area contributed by atoms with E-state index in [0.717, 1.165) is 12.3 Å². The maximum atomic E-state index is 14.3. The highest BCUT2D eigenvalue weighted by Crippen LogP contribution is 2.42. The van der Waals surface area contributed by atoms with E-state index in [2.05, 4.69) is 20.7 Å². The van der Waals surface area contributed by atoms with Crippen LogP contribution in [0.2, 0.25) is 0 Å². The molecule has 1 aliphatic rings. The molecule has 0 aliphatic carbocycles. The smallest absolute Gasteiger partial charge is 0.322 e. The first-order chi connectivity index (χ1) is 17.4. The zero-order valence-electron chi connectivity index (χ0n) is 18.8. The molecule has 4 aromatic rings. The van der Waals surface area contributed by atoms with E-state index in [4.69, 9.17) is 0 Å². The number of halogens is 6. The Morgan fingerprint density at radius 1 is 1.08 bits per heavy atom. The number of benzene rings is 2. The van der Waals surface area contributed by atoms with Gasteiger partial charge in [0.2, 0.25) is 0 Å². The molecule has 0 bridgehead atoms. The number of aromatic nitrogens is 3. The fourth-order valence-electron chi connectivity index (χ4n) is 4.31. The molecule has 0 spiro atoms. The van der Waals surface area contributed by atoms with Crippen molar-refractivity contribution in [2.75, 3.05) is 10.6 Å². The monoisotopic (exact) mass is 519 g/mol. The van der Waals surface area contributed by atoms with Gasteiger partial charge in [-0.1, -0.05) is 19.1 Å². The van der Waals surface area contributed by atoms with Crippen LogP contribution in [0.5, 0.6) is 0 Å². The summed E-state index contributed by atoms with van der Waals surface area (Å²) < 4.78 is 82.3. The lowest BCUT2D eigenvalue weighted by atomic mass is 9.99. The Balaban J connectivity index is 1.65. The molecule has 0 atom stereocenters. The second-order valence-corrected chi connectivity index (χ2v) is 8.16. The Kier molecular flexibility index (Phi) is 5.46. The van der Waals surface area contributed by atoms with Gasteiger partial charge in [0.1, 0.15) is 5.69 Å². The lowest BCUT2D eigenvalue weighted by Crippen LogP contribution is -2.21. The molecule has 7 nitrogen and oxygen atoms in total. The number of nitrogens with one attached hydrogen (secondary N) is 2. The fourth-order valence-corrected chi connectivity index (χ4v) is 4.31. The highest BCUT2D eigenvalue weighted by molar-refractivity contribution is 6.25. The van der Waals surface area contributed by atoms with E-state index in [1.165, 1.54) is 18.2 Å². The lowest BCUT2D eigenvalue weighted by molar-refractivity contribution is -0.143. The number of hydrogen-bond acceptors (Lipinski definition) is 4. The standard InChI is InChI=1S/C24H15F6N5O2/c1-2-11-8-16(13-4-3-5-14-18(13)19(11)34-21(14)36)35-20(24(28,29)30)15(10-32-35)22(37)33-12-6-7-31-17(9-12)23(25,26)27/h3-10H,2H2,1H3,(H,34,36)(H,31,33,37). The predicted molar refractivity (Wildman–Crippen MR) is 121 cm³/mol. The van der Waals surface area contributed by atoms with Gasteiger partial charge in [0.15, 0.2) is 5.69 Å². The largest absolute Gasteiger partial charge is 0.434 e. The van der Waals surface area contributed by atoms with Gasteiger partial charge in [-0.15, -0.1) is 0 Å². The van der Waals surface area contributed by atoms with Crippen LogP contribution < -0.4 is 10.6 Å². The van der Waals surface area contributed by atoms with Gasteiger partial charge < -0.3 is 10.6 Å². The first-order valence-corrected chi connectivity index (χ1v) is 10.8. The van der Waals surface area contributed by atoms with Gasteiger partial charge in [-0.05, 0) is 36.2 Å². The summed E-state index contributed by atoms with van der Waals surface area (Å²) in [6.45, 7) is 1.77. The number of alkyl halides is 6. The molecular weight excluding hydrogens is 504 g/mol. The van der Waals surface area contributed by atoms with Gasteiger partial charge in [-0.3, -0.25) is 14.6 Å². The number of amides is 2. The number of carbonyl (C=O) groups is 2. The summed E-state index contributed by atoms with van der Waals surface area (Å²) in [5.41, 5.74) is -2.69. The van der Waals surface area contributed by atoms with Crippen LogP contribution in [0.4, 0.5) is 37.7 Å². The van der Waals surface area contributed by atoms with E-state index in [9.17, 15) is 35.9 Å². The zero-order chi connectivity index (χ0) is 26.7. The van der Waals surface area contributed by atoms with E-state index < -0.39 is 40.9 Å². The van der Waals surface area contributed by atoms with E-state index in [0.29, 0.717) is 51.0 Å². The van der Waals surface area contributed by atoms with Crippen molar-refractivity contribution in [2.45, 2.75) is 25.7 Å². The third-order valence-electron chi connectivity index (χ3n) is 5.91. The molecule has 3 heterocycles. The van der Waals surface area contributed by atoms with Gasteiger partial charge in [-0.25, -0.2) is 4.68 Å². The zero-order valence-corrected chi connectivity index (χ0v) is 18.8. The first-order valence-electron chi connectivity index (χ1n) is 10.8. The van der Waals surface area contributed by atoms with Crippen molar-refractivity contribution < 1.29 is 35.9 Å². The van der Waals surface area contributed by atoms with Crippen LogP contribution in [0.3, 0.4) is 0 Å². The van der Waals surface area contributed by atoms with Crippen LogP contribution in [0.25, 0.3) is 16.5 Å². The minimum atomic E-state index is -5.07. The second-order valence-electron chi connectivity index (χ2n) is 8.16. The van der Waals surface area contributed by atoms with Crippen molar-refractivity contribution in [1.82, 2.24) is 14.8 Å². The van der Waals surface area contributed by atoms with Crippen LogP contribution in [-0.4, -0.2) is 26.6 Å². The SMILES string of the molecule is CCc1cc(-n2ncc(C(=O)Nc3ccnc(C(F)(F)F)c3)c2C(F)(F)F)c2cccc3c2c1NC3=O. The molecule has 5 rings (SSSR count). The quantitative estimate of drug-likeness (QED) is 0.332. The van der Waals surface area contributed by atoms with Crippen LogP contribution in [0.1, 0.15) is 44.6 Å². The summed E-state index contributed by atoms with van der Waals surface area (Å²) >= 11 is 0. The van der Waals surface area contributed by atoms with E-state index in [1.807, 2.05) is 0 Å². The average molecular weight is 519 g/mol. The maximum absolute atomic E-state index is 14.3. The van der Waals surface area contributed by atoms with Crippen molar-refractivity contribution in [3.63, 3.8) is 0 Å². The minimum absolute atomic E-state index is 0.0106. The molecule has 2 amide bonds. The molecular formula is C24H15F6N5O2. The van der Waals surface area contributed by atoms with E-state index >= 15 is 0 Å². The molecule has 2 aromatic heterocycles. The first kappa shape index (κ1) is 24.3. The van der Waals surface area contributed by atoms with Crippen molar-refractivity contribution in [1.29, 1.82) is 0 Å². The minimum Gasteiger partial charge on any atom is -0.322 e. The fraction of sp³-hybridized carbons (Fsp3) is 0.167. The van der Waals surface area contributed by atoms with Crippen molar-refractivity contribution in [2.24, 2.45) is 0 Å². The van der Waals surface area contributed by atoms with Crippen LogP contribution in [0, 0.1) is 0 Å². The summed E-state index contributed by atoms with van der Waals surface area (Å²) in [5, 5.41) is 9.37. The van der Waals surface area contributed by atoms with Crippen LogP contribution in [0.15, 0.2) is 48.8 Å². The normalized spacial score (nSPS) is 13.2. The molecule has 0 saturated heterocycles. The Bertz CT molecular complexity index is 1590. The Labute approximate surface area is 204 Å². The third-order valence-corrected chi connectivity index (χ3v) is 5.91. The molecule has 2 aromatic carbocycles. The highest BCUT2D eigenvalue weighted by Gasteiger charge is 2.41.